The predicted molar refractivity (Wildman–Crippen MR) is 52.9 cm³/mol. The summed E-state index contributed by atoms with van der Waals surface area (Å²) in [7, 11) is 0. The lowest BCUT2D eigenvalue weighted by atomic mass is 10.4. The number of nitrogens with zero attached hydrogens (tertiary/aromatic N) is 1. The lowest BCUT2D eigenvalue weighted by Crippen LogP contribution is -1.98. The fraction of sp³-hybridized carbons (Fsp3) is 0.667. The molecule has 1 aliphatic carbocycles. The second kappa shape index (κ2) is 3.44. The van der Waals surface area contributed by atoms with Gasteiger partial charge in [0.1, 0.15) is 0 Å². The van der Waals surface area contributed by atoms with Crippen LogP contribution in [-0.4, -0.2) is 11.5 Å². The highest BCUT2D eigenvalue weighted by atomic mass is 32.1. The molecule has 0 bridgehead atoms. The van der Waals surface area contributed by atoms with Gasteiger partial charge in [-0.25, -0.2) is 4.98 Å². The van der Waals surface area contributed by atoms with Crippen LogP contribution in [0.5, 0.6) is 0 Å². The molecule has 1 N–H and O–H groups in total. The van der Waals surface area contributed by atoms with Crippen molar-refractivity contribution in [3.05, 3.63) is 10.6 Å². The molecule has 0 saturated heterocycles. The van der Waals surface area contributed by atoms with Crippen LogP contribution < -0.4 is 5.32 Å². The maximum atomic E-state index is 4.54. The number of hydrogen-bond donors (Lipinski definition) is 1. The third-order valence-electron chi connectivity index (χ3n) is 2.12. The first-order valence-corrected chi connectivity index (χ1v) is 5.44. The summed E-state index contributed by atoms with van der Waals surface area (Å²) in [6.45, 7) is 3.22. The van der Waals surface area contributed by atoms with Gasteiger partial charge in [-0.2, -0.15) is 0 Å². The number of hydrogen-bond acceptors (Lipinski definition) is 3. The molecule has 0 aliphatic heterocycles. The third-order valence-corrected chi connectivity index (χ3v) is 3.24. The van der Waals surface area contributed by atoms with E-state index in [0.29, 0.717) is 0 Å². The Hall–Kier alpha value is -0.570. The van der Waals surface area contributed by atoms with E-state index in [9.17, 15) is 0 Å². The molecule has 1 aliphatic rings. The van der Waals surface area contributed by atoms with Gasteiger partial charge in [0.15, 0.2) is 5.13 Å². The Labute approximate surface area is 77.0 Å². The third kappa shape index (κ3) is 1.46. The molecule has 0 amide bonds. The van der Waals surface area contributed by atoms with Crippen LogP contribution in [0.15, 0.2) is 0 Å². The summed E-state index contributed by atoms with van der Waals surface area (Å²) in [6, 6.07) is 0. The van der Waals surface area contributed by atoms with Crippen LogP contribution >= 0.6 is 11.3 Å². The van der Waals surface area contributed by atoms with E-state index in [0.717, 1.165) is 11.7 Å². The zero-order valence-electron chi connectivity index (χ0n) is 7.39. The Morgan fingerprint density at radius 2 is 2.42 bits per heavy atom. The summed E-state index contributed by atoms with van der Waals surface area (Å²) in [4.78, 5) is 6.04. The summed E-state index contributed by atoms with van der Waals surface area (Å²) in [5.41, 5.74) is 1.35. The van der Waals surface area contributed by atoms with Gasteiger partial charge >= 0.3 is 0 Å². The standard InChI is InChI=1S/C9H14N2S/c1-2-6-10-9-11-7-4-3-5-8(7)12-9/h2-6H2,1H3,(H,10,11). The number of nitrogens with one attached hydrogen (secondary N) is 1. The topological polar surface area (TPSA) is 24.9 Å². The van der Waals surface area contributed by atoms with E-state index < -0.39 is 0 Å². The van der Waals surface area contributed by atoms with Gasteiger partial charge in [0.25, 0.3) is 0 Å². The monoisotopic (exact) mass is 182 g/mol. The van der Waals surface area contributed by atoms with Crippen molar-refractivity contribution in [3.63, 3.8) is 0 Å². The number of aromatic nitrogens is 1. The van der Waals surface area contributed by atoms with Crippen molar-refractivity contribution in [1.82, 2.24) is 4.98 Å². The number of fused-ring (bicyclic) bond motifs is 1. The predicted octanol–water partition coefficient (Wildman–Crippen LogP) is 2.45. The summed E-state index contributed by atoms with van der Waals surface area (Å²) in [5.74, 6) is 0. The minimum Gasteiger partial charge on any atom is -0.362 e. The molecule has 0 aromatic carbocycles. The Kier molecular flexibility index (Phi) is 2.30. The van der Waals surface area contributed by atoms with Gasteiger partial charge in [-0.1, -0.05) is 6.92 Å². The van der Waals surface area contributed by atoms with E-state index in [1.54, 1.807) is 0 Å². The maximum Gasteiger partial charge on any atom is 0.183 e. The minimum atomic E-state index is 1.05. The van der Waals surface area contributed by atoms with Crippen LogP contribution in [0, 0.1) is 0 Å². The van der Waals surface area contributed by atoms with E-state index in [4.69, 9.17) is 0 Å². The van der Waals surface area contributed by atoms with Crippen LogP contribution in [0.4, 0.5) is 5.13 Å². The minimum absolute atomic E-state index is 1.05. The average molecular weight is 182 g/mol. The van der Waals surface area contributed by atoms with Gasteiger partial charge in [-0.05, 0) is 25.7 Å². The highest BCUT2D eigenvalue weighted by Gasteiger charge is 2.15. The number of rotatable bonds is 3. The van der Waals surface area contributed by atoms with Crippen molar-refractivity contribution in [2.75, 3.05) is 11.9 Å². The Morgan fingerprint density at radius 1 is 1.50 bits per heavy atom. The highest BCUT2D eigenvalue weighted by Crippen LogP contribution is 2.30. The van der Waals surface area contributed by atoms with E-state index in [-0.39, 0.29) is 0 Å². The van der Waals surface area contributed by atoms with Crippen molar-refractivity contribution in [2.24, 2.45) is 0 Å². The molecule has 0 spiro atoms. The Morgan fingerprint density at radius 3 is 3.17 bits per heavy atom. The zero-order valence-corrected chi connectivity index (χ0v) is 8.21. The average Bonchev–Trinajstić information content (AvgIpc) is 2.58. The van der Waals surface area contributed by atoms with Gasteiger partial charge in [-0.3, -0.25) is 0 Å². The number of aryl methyl sites for hydroxylation is 2. The molecule has 1 heterocycles. The van der Waals surface area contributed by atoms with Crippen molar-refractivity contribution in [3.8, 4) is 0 Å². The van der Waals surface area contributed by atoms with Crippen LogP contribution in [0.2, 0.25) is 0 Å². The normalized spacial score (nSPS) is 14.8. The molecular weight excluding hydrogens is 168 g/mol. The van der Waals surface area contributed by atoms with Crippen molar-refractivity contribution < 1.29 is 0 Å². The first-order chi connectivity index (χ1) is 5.90. The Bertz CT molecular complexity index is 246. The van der Waals surface area contributed by atoms with Crippen LogP contribution in [0.25, 0.3) is 0 Å². The lowest BCUT2D eigenvalue weighted by molar-refractivity contribution is 0.897. The van der Waals surface area contributed by atoms with Crippen LogP contribution in [0.1, 0.15) is 30.3 Å². The highest BCUT2D eigenvalue weighted by molar-refractivity contribution is 7.15. The largest absolute Gasteiger partial charge is 0.362 e. The molecule has 0 unspecified atom stereocenters. The molecule has 0 fully saturated rings. The second-order valence-electron chi connectivity index (χ2n) is 3.17. The first kappa shape index (κ1) is 8.05. The molecule has 2 nitrogen and oxygen atoms in total. The molecule has 1 aromatic heterocycles. The molecular formula is C9H14N2S. The summed E-state index contributed by atoms with van der Waals surface area (Å²) < 4.78 is 0. The second-order valence-corrected chi connectivity index (χ2v) is 4.25. The fourth-order valence-electron chi connectivity index (χ4n) is 1.50. The fourth-order valence-corrected chi connectivity index (χ4v) is 2.57. The SMILES string of the molecule is CCCNc1nc2c(s1)CCC2. The quantitative estimate of drug-likeness (QED) is 0.776. The van der Waals surface area contributed by atoms with Gasteiger partial charge in [0, 0.05) is 11.4 Å². The number of thiazole rings is 1. The van der Waals surface area contributed by atoms with Crippen molar-refractivity contribution in [1.29, 1.82) is 0 Å². The van der Waals surface area contributed by atoms with E-state index in [2.05, 4.69) is 17.2 Å². The molecule has 12 heavy (non-hydrogen) atoms. The summed E-state index contributed by atoms with van der Waals surface area (Å²) in [6.07, 6.45) is 4.92. The van der Waals surface area contributed by atoms with Crippen molar-refractivity contribution >= 4 is 16.5 Å². The molecule has 0 saturated carbocycles. The maximum absolute atomic E-state index is 4.54. The van der Waals surface area contributed by atoms with Crippen LogP contribution in [0.3, 0.4) is 0 Å². The van der Waals surface area contributed by atoms with Gasteiger partial charge < -0.3 is 5.32 Å². The van der Waals surface area contributed by atoms with Gasteiger partial charge in [-0.15, -0.1) is 11.3 Å². The van der Waals surface area contributed by atoms with Crippen LogP contribution in [-0.2, 0) is 12.8 Å². The Balaban J connectivity index is 2.05. The van der Waals surface area contributed by atoms with Gasteiger partial charge in [0.2, 0.25) is 0 Å². The molecule has 1 aromatic rings. The molecule has 0 atom stereocenters. The summed E-state index contributed by atoms with van der Waals surface area (Å²) in [5, 5.41) is 4.46. The van der Waals surface area contributed by atoms with E-state index in [1.807, 2.05) is 11.3 Å². The zero-order chi connectivity index (χ0) is 8.39. The first-order valence-electron chi connectivity index (χ1n) is 4.62. The molecule has 2 rings (SSSR count). The molecule has 0 radical (unpaired) electrons. The lowest BCUT2D eigenvalue weighted by Gasteiger charge is -1.97. The van der Waals surface area contributed by atoms with E-state index >= 15 is 0 Å². The molecule has 3 heteroatoms. The summed E-state index contributed by atoms with van der Waals surface area (Å²) >= 11 is 1.84. The molecule has 66 valence electrons. The number of anilines is 1. The van der Waals surface area contributed by atoms with Crippen molar-refractivity contribution in [2.45, 2.75) is 32.6 Å². The smallest absolute Gasteiger partial charge is 0.183 e. The van der Waals surface area contributed by atoms with E-state index in [1.165, 1.54) is 36.3 Å². The van der Waals surface area contributed by atoms with Gasteiger partial charge in [0.05, 0.1) is 5.69 Å².